The largest absolute Gasteiger partial charge is 0.271 e. The van der Waals surface area contributed by atoms with Gasteiger partial charge in [-0.2, -0.15) is 0 Å². The Bertz CT molecular complexity index is 572. The average molecular weight is 429 g/mol. The van der Waals surface area contributed by atoms with E-state index in [1.165, 1.54) is 6.07 Å². The summed E-state index contributed by atoms with van der Waals surface area (Å²) in [4.78, 5) is 1.07. The summed E-state index contributed by atoms with van der Waals surface area (Å²) in [5, 5.41) is 0.127. The van der Waals surface area contributed by atoms with Crippen molar-refractivity contribution < 1.29 is 4.39 Å². The average Bonchev–Trinajstić information content (AvgIpc) is 2.71. The molecule has 2 nitrogen and oxygen atoms in total. The second-order valence-corrected chi connectivity index (χ2v) is 7.61. The van der Waals surface area contributed by atoms with Crippen LogP contribution in [0, 0.1) is 5.82 Å². The Hall–Kier alpha value is 0.0200. The lowest BCUT2D eigenvalue weighted by Gasteiger charge is -2.14. The maximum atomic E-state index is 13.4. The lowest BCUT2D eigenvalue weighted by atomic mass is 10.1. The van der Waals surface area contributed by atoms with Gasteiger partial charge < -0.3 is 0 Å². The zero-order chi connectivity index (χ0) is 14.0. The standard InChI is InChI=1S/C12H10Br2ClFN2S/c13-7-5-11(19-12(7)14)10(18-17)4-6-1-2-8(15)9(16)3-6/h1-3,5,10,18H,4,17H2. The molecule has 19 heavy (non-hydrogen) atoms. The number of hydrogen-bond acceptors (Lipinski definition) is 3. The maximum absolute atomic E-state index is 13.4. The van der Waals surface area contributed by atoms with Crippen LogP contribution in [0.1, 0.15) is 16.5 Å². The van der Waals surface area contributed by atoms with Crippen LogP contribution in [-0.4, -0.2) is 0 Å². The molecule has 0 aliphatic carbocycles. The van der Waals surface area contributed by atoms with E-state index in [9.17, 15) is 4.39 Å². The van der Waals surface area contributed by atoms with Gasteiger partial charge in [-0.25, -0.2) is 4.39 Å². The smallest absolute Gasteiger partial charge is 0.142 e. The molecule has 2 aromatic rings. The Balaban J connectivity index is 2.21. The van der Waals surface area contributed by atoms with Gasteiger partial charge in [-0.15, -0.1) is 11.3 Å². The van der Waals surface area contributed by atoms with E-state index >= 15 is 0 Å². The molecule has 102 valence electrons. The van der Waals surface area contributed by atoms with Crippen molar-refractivity contribution in [3.8, 4) is 0 Å². The summed E-state index contributed by atoms with van der Waals surface area (Å²) in [7, 11) is 0. The molecule has 0 aliphatic rings. The highest BCUT2D eigenvalue weighted by Gasteiger charge is 2.16. The van der Waals surface area contributed by atoms with Gasteiger partial charge in [0.05, 0.1) is 14.9 Å². The van der Waals surface area contributed by atoms with Crippen LogP contribution in [0.4, 0.5) is 4.39 Å². The van der Waals surface area contributed by atoms with Gasteiger partial charge in [0.25, 0.3) is 0 Å². The summed E-state index contributed by atoms with van der Waals surface area (Å²) >= 11 is 14.1. The third-order valence-electron chi connectivity index (χ3n) is 2.63. The van der Waals surface area contributed by atoms with Crippen LogP contribution in [0.3, 0.4) is 0 Å². The summed E-state index contributed by atoms with van der Waals surface area (Å²) < 4.78 is 15.4. The normalized spacial score (nSPS) is 12.7. The number of halogens is 4. The van der Waals surface area contributed by atoms with Crippen molar-refractivity contribution in [3.05, 3.63) is 53.8 Å². The minimum Gasteiger partial charge on any atom is -0.271 e. The van der Waals surface area contributed by atoms with E-state index in [0.717, 1.165) is 18.7 Å². The van der Waals surface area contributed by atoms with Crippen LogP contribution in [-0.2, 0) is 6.42 Å². The van der Waals surface area contributed by atoms with Crippen LogP contribution < -0.4 is 11.3 Å². The molecule has 1 unspecified atom stereocenters. The van der Waals surface area contributed by atoms with Gasteiger partial charge >= 0.3 is 0 Å². The van der Waals surface area contributed by atoms with Crippen LogP contribution in [0.15, 0.2) is 32.5 Å². The molecule has 0 saturated heterocycles. The zero-order valence-corrected chi connectivity index (χ0v) is 14.3. The number of hydrazine groups is 1. The number of nitrogens with one attached hydrogen (secondary N) is 1. The molecule has 0 bridgehead atoms. The summed E-state index contributed by atoms with van der Waals surface area (Å²) in [5.41, 5.74) is 3.59. The second kappa shape index (κ2) is 6.65. The second-order valence-electron chi connectivity index (χ2n) is 3.94. The summed E-state index contributed by atoms with van der Waals surface area (Å²) in [5.74, 6) is 5.17. The molecule has 0 amide bonds. The molecule has 3 N–H and O–H groups in total. The predicted octanol–water partition coefficient (Wildman–Crippen LogP) is 4.81. The quantitative estimate of drug-likeness (QED) is 0.542. The molecule has 1 atom stereocenters. The Morgan fingerprint density at radius 3 is 2.63 bits per heavy atom. The van der Waals surface area contributed by atoms with E-state index in [1.54, 1.807) is 23.5 Å². The highest BCUT2D eigenvalue weighted by molar-refractivity contribution is 9.13. The zero-order valence-electron chi connectivity index (χ0n) is 9.59. The molecular formula is C12H10Br2ClFN2S. The SMILES string of the molecule is NNC(Cc1ccc(Cl)c(F)c1)c1cc(Br)c(Br)s1. The lowest BCUT2D eigenvalue weighted by molar-refractivity contribution is 0.556. The van der Waals surface area contributed by atoms with E-state index in [2.05, 4.69) is 37.3 Å². The fraction of sp³-hybridized carbons (Fsp3) is 0.167. The first-order chi connectivity index (χ1) is 9.01. The van der Waals surface area contributed by atoms with E-state index in [1.807, 2.05) is 6.07 Å². The van der Waals surface area contributed by atoms with Gasteiger partial charge in [-0.05, 0) is 62.0 Å². The van der Waals surface area contributed by atoms with Gasteiger partial charge in [-0.1, -0.05) is 17.7 Å². The number of benzene rings is 1. The first-order valence-corrected chi connectivity index (χ1v) is 8.14. The van der Waals surface area contributed by atoms with E-state index in [0.29, 0.717) is 6.42 Å². The van der Waals surface area contributed by atoms with Crippen molar-refractivity contribution >= 4 is 54.8 Å². The number of thiophene rings is 1. The topological polar surface area (TPSA) is 38.0 Å². The van der Waals surface area contributed by atoms with Crippen molar-refractivity contribution in [2.75, 3.05) is 0 Å². The summed E-state index contributed by atoms with van der Waals surface area (Å²) in [6, 6.07) is 6.71. The van der Waals surface area contributed by atoms with Crippen molar-refractivity contribution in [1.82, 2.24) is 5.43 Å². The van der Waals surface area contributed by atoms with Gasteiger partial charge in [0, 0.05) is 9.35 Å². The van der Waals surface area contributed by atoms with E-state index in [-0.39, 0.29) is 11.1 Å². The first kappa shape index (κ1) is 15.4. The van der Waals surface area contributed by atoms with Crippen LogP contribution in [0.2, 0.25) is 5.02 Å². The van der Waals surface area contributed by atoms with E-state index < -0.39 is 5.82 Å². The molecule has 0 radical (unpaired) electrons. The van der Waals surface area contributed by atoms with Crippen molar-refractivity contribution in [2.24, 2.45) is 5.84 Å². The van der Waals surface area contributed by atoms with Crippen molar-refractivity contribution in [1.29, 1.82) is 0 Å². The summed E-state index contributed by atoms with van der Waals surface area (Å²) in [6.45, 7) is 0. The molecule has 1 aromatic heterocycles. The van der Waals surface area contributed by atoms with Crippen molar-refractivity contribution in [2.45, 2.75) is 12.5 Å². The Kier molecular flexibility index (Phi) is 5.39. The molecule has 0 spiro atoms. The number of hydrogen-bond donors (Lipinski definition) is 2. The van der Waals surface area contributed by atoms with Gasteiger partial charge in [0.15, 0.2) is 0 Å². The van der Waals surface area contributed by atoms with Gasteiger partial charge in [-0.3, -0.25) is 11.3 Å². The van der Waals surface area contributed by atoms with E-state index in [4.69, 9.17) is 17.4 Å². The first-order valence-electron chi connectivity index (χ1n) is 5.36. The molecule has 0 fully saturated rings. The molecule has 0 saturated carbocycles. The van der Waals surface area contributed by atoms with Crippen molar-refractivity contribution in [3.63, 3.8) is 0 Å². The Morgan fingerprint density at radius 2 is 2.11 bits per heavy atom. The minimum atomic E-state index is -0.413. The predicted molar refractivity (Wildman–Crippen MR) is 84.9 cm³/mol. The molecule has 0 aliphatic heterocycles. The lowest BCUT2D eigenvalue weighted by Crippen LogP contribution is -2.28. The third kappa shape index (κ3) is 3.77. The van der Waals surface area contributed by atoms with Gasteiger partial charge in [0.2, 0.25) is 0 Å². The van der Waals surface area contributed by atoms with Crippen LogP contribution >= 0.6 is 54.8 Å². The fourth-order valence-corrected chi connectivity index (χ4v) is 3.95. The molecule has 1 heterocycles. The Labute approximate surface area is 136 Å². The monoisotopic (exact) mass is 426 g/mol. The maximum Gasteiger partial charge on any atom is 0.142 e. The number of rotatable bonds is 4. The third-order valence-corrected chi connectivity index (χ3v) is 6.31. The fourth-order valence-electron chi connectivity index (χ4n) is 1.68. The highest BCUT2D eigenvalue weighted by atomic mass is 79.9. The summed E-state index contributed by atoms with van der Waals surface area (Å²) in [6.07, 6.45) is 0.587. The van der Waals surface area contributed by atoms with Gasteiger partial charge in [0.1, 0.15) is 5.82 Å². The number of nitrogens with two attached hydrogens (primary N) is 1. The molecule has 2 rings (SSSR count). The molecule has 1 aromatic carbocycles. The minimum absolute atomic E-state index is 0.0758. The highest BCUT2D eigenvalue weighted by Crippen LogP contribution is 2.36. The van der Waals surface area contributed by atoms with Crippen LogP contribution in [0.25, 0.3) is 0 Å². The molecular weight excluding hydrogens is 418 g/mol. The van der Waals surface area contributed by atoms with Crippen LogP contribution in [0.5, 0.6) is 0 Å². The molecule has 7 heteroatoms. The Morgan fingerprint density at radius 1 is 1.37 bits per heavy atom.